The molecule has 5 nitrogen and oxygen atoms in total. The summed E-state index contributed by atoms with van der Waals surface area (Å²) in [4.78, 5) is 24.5. The van der Waals surface area contributed by atoms with Crippen LogP contribution in [0.5, 0.6) is 0 Å². The molecule has 18 heavy (non-hydrogen) atoms. The van der Waals surface area contributed by atoms with Crippen LogP contribution in [-0.4, -0.2) is 46.2 Å². The Morgan fingerprint density at radius 2 is 1.83 bits per heavy atom. The molecule has 1 aliphatic rings. The molecule has 2 N–H and O–H groups in total. The molecule has 0 radical (unpaired) electrons. The highest BCUT2D eigenvalue weighted by Gasteiger charge is 2.35. The Hall–Kier alpha value is -1.10. The minimum absolute atomic E-state index is 0.00278. The molecule has 0 aromatic carbocycles. The zero-order valence-corrected chi connectivity index (χ0v) is 11.3. The minimum atomic E-state index is -0.801. The van der Waals surface area contributed by atoms with E-state index in [9.17, 15) is 14.7 Å². The summed E-state index contributed by atoms with van der Waals surface area (Å²) in [6.45, 7) is 3.92. The van der Waals surface area contributed by atoms with Gasteiger partial charge in [-0.3, -0.25) is 9.59 Å². The zero-order valence-electron chi connectivity index (χ0n) is 11.3. The molecule has 1 rings (SSSR count). The first-order valence-electron chi connectivity index (χ1n) is 6.41. The lowest BCUT2D eigenvalue weighted by molar-refractivity contribution is -0.141. The average Bonchev–Trinajstić information content (AvgIpc) is 2.73. The Labute approximate surface area is 108 Å². The molecule has 1 aliphatic carbocycles. The lowest BCUT2D eigenvalue weighted by atomic mass is 10.0. The van der Waals surface area contributed by atoms with E-state index in [0.29, 0.717) is 32.2 Å². The largest absolute Gasteiger partial charge is 0.481 e. The third-order valence-electron chi connectivity index (χ3n) is 3.57. The molecule has 0 aromatic rings. The molecular formula is C13H23NO4. The van der Waals surface area contributed by atoms with Gasteiger partial charge in [0.05, 0.1) is 11.5 Å². The molecule has 0 saturated heterocycles. The van der Waals surface area contributed by atoms with Crippen molar-refractivity contribution in [3.63, 3.8) is 0 Å². The van der Waals surface area contributed by atoms with Gasteiger partial charge < -0.3 is 15.1 Å². The van der Waals surface area contributed by atoms with Crippen LogP contribution in [0.2, 0.25) is 0 Å². The fraction of sp³-hybridized carbons (Fsp3) is 0.846. The van der Waals surface area contributed by atoms with Crippen molar-refractivity contribution in [2.45, 2.75) is 45.1 Å². The number of amides is 1. The Morgan fingerprint density at radius 3 is 2.28 bits per heavy atom. The van der Waals surface area contributed by atoms with E-state index >= 15 is 0 Å². The van der Waals surface area contributed by atoms with Gasteiger partial charge in [0.25, 0.3) is 0 Å². The number of nitrogens with zero attached hydrogens (tertiary/aromatic N) is 1. The summed E-state index contributed by atoms with van der Waals surface area (Å²) < 4.78 is 0. The Bertz CT molecular complexity index is 321. The van der Waals surface area contributed by atoms with Gasteiger partial charge in [-0.25, -0.2) is 0 Å². The van der Waals surface area contributed by atoms with Crippen LogP contribution in [-0.2, 0) is 9.59 Å². The maximum Gasteiger partial charge on any atom is 0.306 e. The van der Waals surface area contributed by atoms with E-state index in [1.54, 1.807) is 25.8 Å². The van der Waals surface area contributed by atoms with Gasteiger partial charge >= 0.3 is 5.97 Å². The third kappa shape index (κ3) is 4.29. The maximum atomic E-state index is 12.1. The minimum Gasteiger partial charge on any atom is -0.481 e. The topological polar surface area (TPSA) is 77.8 Å². The number of carboxylic acid groups (broad SMARTS) is 1. The molecule has 0 unspecified atom stereocenters. The van der Waals surface area contributed by atoms with Crippen LogP contribution < -0.4 is 0 Å². The van der Waals surface area contributed by atoms with E-state index in [0.717, 1.165) is 0 Å². The first-order valence-corrected chi connectivity index (χ1v) is 6.41. The average molecular weight is 257 g/mol. The summed E-state index contributed by atoms with van der Waals surface area (Å²) in [7, 11) is 1.71. The molecule has 1 fully saturated rings. The Balaban J connectivity index is 2.43. The van der Waals surface area contributed by atoms with Crippen LogP contribution in [0.4, 0.5) is 0 Å². The Morgan fingerprint density at radius 1 is 1.28 bits per heavy atom. The SMILES string of the molecule is CN(CCC(C)(C)O)C(=O)[C@H]1CC[C@@H](C(=O)O)C1. The molecule has 0 spiro atoms. The van der Waals surface area contributed by atoms with Crippen molar-refractivity contribution in [1.29, 1.82) is 0 Å². The molecule has 0 aliphatic heterocycles. The molecule has 0 heterocycles. The predicted octanol–water partition coefficient (Wildman–Crippen LogP) is 1.11. The summed E-state index contributed by atoms with van der Waals surface area (Å²) in [5.74, 6) is -1.34. The van der Waals surface area contributed by atoms with Crippen LogP contribution in [0.25, 0.3) is 0 Å². The van der Waals surface area contributed by atoms with Gasteiger partial charge in [0.15, 0.2) is 0 Å². The number of hydrogen-bond acceptors (Lipinski definition) is 3. The summed E-state index contributed by atoms with van der Waals surface area (Å²) in [6, 6.07) is 0. The second-order valence-electron chi connectivity index (χ2n) is 5.87. The molecule has 0 bridgehead atoms. The van der Waals surface area contributed by atoms with Crippen molar-refractivity contribution in [2.24, 2.45) is 11.8 Å². The fourth-order valence-electron chi connectivity index (χ4n) is 2.29. The highest BCUT2D eigenvalue weighted by molar-refractivity contribution is 5.80. The van der Waals surface area contributed by atoms with E-state index in [4.69, 9.17) is 5.11 Å². The van der Waals surface area contributed by atoms with Crippen molar-refractivity contribution in [1.82, 2.24) is 4.90 Å². The van der Waals surface area contributed by atoms with Gasteiger partial charge in [0.2, 0.25) is 5.91 Å². The molecule has 0 aromatic heterocycles. The van der Waals surface area contributed by atoms with Gasteiger partial charge in [-0.1, -0.05) is 0 Å². The monoisotopic (exact) mass is 257 g/mol. The molecule has 2 atom stereocenters. The van der Waals surface area contributed by atoms with Gasteiger partial charge in [0.1, 0.15) is 0 Å². The second-order valence-corrected chi connectivity index (χ2v) is 5.87. The zero-order chi connectivity index (χ0) is 13.9. The lowest BCUT2D eigenvalue weighted by Crippen LogP contribution is -2.36. The number of aliphatic hydroxyl groups is 1. The lowest BCUT2D eigenvalue weighted by Gasteiger charge is -2.25. The summed E-state index contributed by atoms with van der Waals surface area (Å²) in [5, 5.41) is 18.5. The van der Waals surface area contributed by atoms with Crippen LogP contribution in [0.3, 0.4) is 0 Å². The second kappa shape index (κ2) is 5.69. The van der Waals surface area contributed by atoms with E-state index in [1.165, 1.54) is 0 Å². The van der Waals surface area contributed by atoms with Crippen LogP contribution in [0.15, 0.2) is 0 Å². The van der Waals surface area contributed by atoms with Crippen molar-refractivity contribution < 1.29 is 19.8 Å². The first-order chi connectivity index (χ1) is 8.20. The van der Waals surface area contributed by atoms with Gasteiger partial charge in [-0.2, -0.15) is 0 Å². The molecule has 5 heteroatoms. The maximum absolute atomic E-state index is 12.1. The van der Waals surface area contributed by atoms with E-state index in [2.05, 4.69) is 0 Å². The van der Waals surface area contributed by atoms with Crippen molar-refractivity contribution in [3.8, 4) is 0 Å². The fourth-order valence-corrected chi connectivity index (χ4v) is 2.29. The quantitative estimate of drug-likeness (QED) is 0.773. The van der Waals surface area contributed by atoms with E-state index in [1.807, 2.05) is 0 Å². The normalized spacial score (nSPS) is 24.0. The van der Waals surface area contributed by atoms with Crippen LogP contribution in [0, 0.1) is 11.8 Å². The van der Waals surface area contributed by atoms with E-state index < -0.39 is 11.6 Å². The molecule has 1 saturated carbocycles. The number of aliphatic carboxylic acids is 1. The van der Waals surface area contributed by atoms with E-state index in [-0.39, 0.29) is 17.7 Å². The smallest absolute Gasteiger partial charge is 0.306 e. The molecule has 1 amide bonds. The molecule has 104 valence electrons. The number of rotatable bonds is 5. The highest BCUT2D eigenvalue weighted by Crippen LogP contribution is 2.32. The predicted molar refractivity (Wildman–Crippen MR) is 67.0 cm³/mol. The van der Waals surface area contributed by atoms with Gasteiger partial charge in [0, 0.05) is 19.5 Å². The van der Waals surface area contributed by atoms with Crippen molar-refractivity contribution in [2.75, 3.05) is 13.6 Å². The van der Waals surface area contributed by atoms with Gasteiger partial charge in [-0.05, 0) is 39.5 Å². The van der Waals surface area contributed by atoms with Crippen molar-refractivity contribution in [3.05, 3.63) is 0 Å². The number of hydrogen-bond donors (Lipinski definition) is 2. The van der Waals surface area contributed by atoms with Crippen LogP contribution >= 0.6 is 0 Å². The standard InChI is InChI=1S/C13H23NO4/c1-13(2,18)6-7-14(3)11(15)9-4-5-10(8-9)12(16)17/h9-10,18H,4-8H2,1-3H3,(H,16,17)/t9-,10+/m0/s1. The summed E-state index contributed by atoms with van der Waals surface area (Å²) >= 11 is 0. The third-order valence-corrected chi connectivity index (χ3v) is 3.57. The van der Waals surface area contributed by atoms with Crippen molar-refractivity contribution >= 4 is 11.9 Å². The number of carboxylic acids is 1. The first kappa shape index (κ1) is 15.0. The molecular weight excluding hydrogens is 234 g/mol. The summed E-state index contributed by atoms with van der Waals surface area (Å²) in [6.07, 6.45) is 2.21. The van der Waals surface area contributed by atoms with Gasteiger partial charge in [-0.15, -0.1) is 0 Å². The Kier molecular flexibility index (Phi) is 4.73. The van der Waals surface area contributed by atoms with Crippen LogP contribution in [0.1, 0.15) is 39.5 Å². The summed E-state index contributed by atoms with van der Waals surface area (Å²) in [5.41, 5.74) is -0.784. The number of carbonyl (C=O) groups is 2. The highest BCUT2D eigenvalue weighted by atomic mass is 16.4. The number of carbonyl (C=O) groups excluding carboxylic acids is 1.